The normalized spacial score (nSPS) is 25.8. The smallest absolute Gasteiger partial charge is 0.339 e. The van der Waals surface area contributed by atoms with Crippen LogP contribution >= 0.6 is 0 Å². The number of carboxylic acid groups (broad SMARTS) is 1. The number of carboxylic acids is 1. The molecule has 0 radical (unpaired) electrons. The second-order valence-corrected chi connectivity index (χ2v) is 11.1. The van der Waals surface area contributed by atoms with E-state index in [1.54, 1.807) is 21.0 Å². The third-order valence-electron chi connectivity index (χ3n) is 7.98. The number of aliphatic hydroxyl groups is 2. The predicted octanol–water partition coefficient (Wildman–Crippen LogP) is 2.10. The summed E-state index contributed by atoms with van der Waals surface area (Å²) in [6, 6.07) is 3.91. The van der Waals surface area contributed by atoms with Crippen molar-refractivity contribution in [2.75, 3.05) is 27.0 Å². The molecular formula is C27H35NO9. The number of ether oxygens (including phenoxy) is 4. The average Bonchev–Trinajstić information content (AvgIpc) is 3.47. The molecule has 0 bridgehead atoms. The second-order valence-electron chi connectivity index (χ2n) is 11.1. The van der Waals surface area contributed by atoms with Crippen molar-refractivity contribution in [3.63, 3.8) is 0 Å². The molecule has 1 aromatic carbocycles. The zero-order valence-electron chi connectivity index (χ0n) is 21.5. The van der Waals surface area contributed by atoms with E-state index in [0.717, 1.165) is 42.6 Å². The van der Waals surface area contributed by atoms with Crippen molar-refractivity contribution in [2.45, 2.75) is 81.6 Å². The van der Waals surface area contributed by atoms with E-state index in [1.165, 1.54) is 0 Å². The number of hydrogen-bond acceptors (Lipinski definition) is 9. The summed E-state index contributed by atoms with van der Waals surface area (Å²) >= 11 is 0. The maximum atomic E-state index is 13.5. The van der Waals surface area contributed by atoms with Gasteiger partial charge in [0.2, 0.25) is 6.79 Å². The van der Waals surface area contributed by atoms with Gasteiger partial charge in [0.1, 0.15) is 5.76 Å². The molecule has 4 unspecified atom stereocenters. The van der Waals surface area contributed by atoms with Crippen LogP contribution < -0.4 is 9.47 Å². The number of aliphatic carboxylic acids is 1. The molecule has 202 valence electrons. The number of carbonyl (C=O) groups is 2. The van der Waals surface area contributed by atoms with Gasteiger partial charge in [0, 0.05) is 25.0 Å². The first kappa shape index (κ1) is 25.8. The Labute approximate surface area is 215 Å². The summed E-state index contributed by atoms with van der Waals surface area (Å²) in [5.74, 6) is -0.718. The van der Waals surface area contributed by atoms with Crippen LogP contribution in [0.5, 0.6) is 11.5 Å². The molecule has 3 N–H and O–H groups in total. The Kier molecular flexibility index (Phi) is 6.62. The largest absolute Gasteiger partial charge is 0.497 e. The second kappa shape index (κ2) is 9.49. The number of carbonyl (C=O) groups excluding carboxylic acids is 1. The predicted molar refractivity (Wildman–Crippen MR) is 130 cm³/mol. The molecule has 4 aliphatic rings. The van der Waals surface area contributed by atoms with Crippen LogP contribution in [0.25, 0.3) is 0 Å². The number of esters is 1. The Morgan fingerprint density at radius 2 is 1.81 bits per heavy atom. The van der Waals surface area contributed by atoms with E-state index in [9.17, 15) is 24.9 Å². The van der Waals surface area contributed by atoms with Crippen LogP contribution in [0.3, 0.4) is 0 Å². The topological polar surface area (TPSA) is 135 Å². The first-order valence-electron chi connectivity index (χ1n) is 12.8. The van der Waals surface area contributed by atoms with E-state index >= 15 is 0 Å². The summed E-state index contributed by atoms with van der Waals surface area (Å²) in [6.45, 7) is 5.09. The van der Waals surface area contributed by atoms with Gasteiger partial charge >= 0.3 is 11.9 Å². The van der Waals surface area contributed by atoms with Crippen molar-refractivity contribution in [1.29, 1.82) is 0 Å². The van der Waals surface area contributed by atoms with Gasteiger partial charge in [-0.05, 0) is 74.8 Å². The minimum atomic E-state index is -2.24. The lowest BCUT2D eigenvalue weighted by atomic mass is 9.86. The number of hydrogen-bond donors (Lipinski definition) is 3. The summed E-state index contributed by atoms with van der Waals surface area (Å²) in [6.07, 6.45) is 0.351. The van der Waals surface area contributed by atoms with E-state index < -0.39 is 35.7 Å². The third-order valence-corrected chi connectivity index (χ3v) is 7.98. The van der Waals surface area contributed by atoms with Gasteiger partial charge in [-0.3, -0.25) is 9.69 Å². The first-order valence-corrected chi connectivity index (χ1v) is 12.8. The number of fused-ring (bicyclic) bond motifs is 3. The molecule has 1 aromatic rings. The summed E-state index contributed by atoms with van der Waals surface area (Å²) in [4.78, 5) is 27.5. The van der Waals surface area contributed by atoms with Gasteiger partial charge in [0.05, 0.1) is 19.1 Å². The average molecular weight is 518 g/mol. The summed E-state index contributed by atoms with van der Waals surface area (Å²) in [5.41, 5.74) is -0.123. The number of nitrogens with zero attached hydrogens (tertiary/aromatic N) is 1. The van der Waals surface area contributed by atoms with E-state index in [4.69, 9.17) is 18.9 Å². The number of rotatable bonds is 9. The van der Waals surface area contributed by atoms with Crippen molar-refractivity contribution < 1.29 is 43.9 Å². The number of methoxy groups -OCH3 is 1. The molecule has 1 saturated heterocycles. The maximum absolute atomic E-state index is 13.5. The van der Waals surface area contributed by atoms with E-state index in [-0.39, 0.29) is 31.6 Å². The molecule has 0 spiro atoms. The molecule has 0 saturated carbocycles. The summed E-state index contributed by atoms with van der Waals surface area (Å²) in [5, 5.41) is 30.7. The Morgan fingerprint density at radius 3 is 2.49 bits per heavy atom. The van der Waals surface area contributed by atoms with Crippen LogP contribution in [0.2, 0.25) is 0 Å². The Hall–Kier alpha value is -2.82. The third kappa shape index (κ3) is 4.78. The summed E-state index contributed by atoms with van der Waals surface area (Å²) in [7, 11) is 1.55. The lowest BCUT2D eigenvalue weighted by Gasteiger charge is -2.32. The molecule has 1 aliphatic carbocycles. The zero-order chi connectivity index (χ0) is 26.5. The van der Waals surface area contributed by atoms with Gasteiger partial charge < -0.3 is 34.3 Å². The van der Waals surface area contributed by atoms with Crippen LogP contribution in [-0.2, 0) is 25.5 Å². The molecule has 3 heterocycles. The van der Waals surface area contributed by atoms with Crippen molar-refractivity contribution in [3.05, 3.63) is 34.6 Å². The molecule has 5 rings (SSSR count). The van der Waals surface area contributed by atoms with Crippen molar-refractivity contribution in [3.8, 4) is 11.5 Å². The highest BCUT2D eigenvalue weighted by molar-refractivity contribution is 5.85. The lowest BCUT2D eigenvalue weighted by molar-refractivity contribution is -0.177. The molecule has 37 heavy (non-hydrogen) atoms. The van der Waals surface area contributed by atoms with E-state index in [2.05, 4.69) is 4.90 Å². The van der Waals surface area contributed by atoms with Gasteiger partial charge in [-0.15, -0.1) is 0 Å². The fraction of sp³-hybridized carbons (Fsp3) is 0.630. The molecular weight excluding hydrogens is 482 g/mol. The molecule has 0 aromatic heterocycles. The van der Waals surface area contributed by atoms with Crippen LogP contribution in [0.1, 0.15) is 63.0 Å². The summed E-state index contributed by atoms with van der Waals surface area (Å²) < 4.78 is 23.1. The maximum Gasteiger partial charge on any atom is 0.339 e. The Bertz CT molecular complexity index is 1120. The van der Waals surface area contributed by atoms with Gasteiger partial charge in [-0.2, -0.15) is 0 Å². The highest BCUT2D eigenvalue weighted by atomic mass is 16.7. The monoisotopic (exact) mass is 517 g/mol. The van der Waals surface area contributed by atoms with Gasteiger partial charge in [-0.25, -0.2) is 4.79 Å². The highest BCUT2D eigenvalue weighted by Crippen LogP contribution is 2.52. The fourth-order valence-electron chi connectivity index (χ4n) is 6.30. The van der Waals surface area contributed by atoms with E-state index in [1.807, 2.05) is 12.1 Å². The standard InChI is InChI=1S/C27H35NO9/c1-26(2,32)7-4-8-27(33,13-20(29)30)25(31)37-24-21-17-12-19-18(35-14-36-19)11-15(17)5-9-28-10-6-16(22(21)28)23(24)34-3/h11-12,21-22,24,32-33H,4-10,13-14H2,1-3H3,(H,29,30). The van der Waals surface area contributed by atoms with E-state index in [0.29, 0.717) is 23.7 Å². The molecule has 10 heteroatoms. The molecule has 10 nitrogen and oxygen atoms in total. The van der Waals surface area contributed by atoms with Crippen molar-refractivity contribution in [2.24, 2.45) is 0 Å². The van der Waals surface area contributed by atoms with Crippen LogP contribution in [0.4, 0.5) is 0 Å². The Balaban J connectivity index is 1.48. The first-order chi connectivity index (χ1) is 17.5. The molecule has 4 atom stereocenters. The van der Waals surface area contributed by atoms with Gasteiger partial charge in [0.25, 0.3) is 0 Å². The highest BCUT2D eigenvalue weighted by Gasteiger charge is 2.54. The minimum absolute atomic E-state index is 0.0304. The number of benzene rings is 1. The minimum Gasteiger partial charge on any atom is -0.497 e. The quantitative estimate of drug-likeness (QED) is 0.418. The lowest BCUT2D eigenvalue weighted by Crippen LogP contribution is -2.46. The SMILES string of the molecule is COC1=C2CCN3CCc4cc5c(cc4C(C1OC(=O)C(O)(CCCC(C)(C)O)CC(=O)O)C23)OCO5. The van der Waals surface area contributed by atoms with Crippen molar-refractivity contribution >= 4 is 11.9 Å². The fourth-order valence-corrected chi connectivity index (χ4v) is 6.30. The van der Waals surface area contributed by atoms with Crippen LogP contribution in [0, 0.1) is 0 Å². The molecule has 0 amide bonds. The van der Waals surface area contributed by atoms with Gasteiger partial charge in [-0.1, -0.05) is 0 Å². The molecule has 3 aliphatic heterocycles. The zero-order valence-corrected chi connectivity index (χ0v) is 21.5. The van der Waals surface area contributed by atoms with Crippen LogP contribution in [0.15, 0.2) is 23.5 Å². The van der Waals surface area contributed by atoms with Gasteiger partial charge in [0.15, 0.2) is 23.2 Å². The van der Waals surface area contributed by atoms with Crippen molar-refractivity contribution in [1.82, 2.24) is 4.90 Å². The Morgan fingerprint density at radius 1 is 1.11 bits per heavy atom. The molecule has 1 fully saturated rings. The van der Waals surface area contributed by atoms with Crippen LogP contribution in [-0.4, -0.2) is 82.5 Å².